The van der Waals surface area contributed by atoms with Crippen molar-refractivity contribution in [1.82, 2.24) is 9.78 Å². The van der Waals surface area contributed by atoms with E-state index in [1.165, 1.54) is 5.56 Å². The molecule has 0 bridgehead atoms. The van der Waals surface area contributed by atoms with Crippen LogP contribution in [0.15, 0.2) is 30.5 Å². The van der Waals surface area contributed by atoms with E-state index in [1.54, 1.807) is 4.68 Å². The lowest BCUT2D eigenvalue weighted by molar-refractivity contribution is 0.00844. The first-order valence-corrected chi connectivity index (χ1v) is 5.71. The highest BCUT2D eigenvalue weighted by Crippen LogP contribution is 2.30. The Labute approximate surface area is 100 Å². The van der Waals surface area contributed by atoms with Crippen molar-refractivity contribution in [2.75, 3.05) is 18.9 Å². The summed E-state index contributed by atoms with van der Waals surface area (Å²) in [6, 6.07) is 8.45. The third-order valence-corrected chi connectivity index (χ3v) is 3.29. The minimum atomic E-state index is 0.535. The van der Waals surface area contributed by atoms with Gasteiger partial charge in [-0.1, -0.05) is 24.3 Å². The normalized spacial score (nSPS) is 15.8. The number of nitrogens with two attached hydrogens (primary N) is 1. The van der Waals surface area contributed by atoms with Crippen LogP contribution in [0, 0.1) is 0 Å². The third kappa shape index (κ3) is 1.70. The van der Waals surface area contributed by atoms with Crippen molar-refractivity contribution >= 4 is 5.82 Å². The summed E-state index contributed by atoms with van der Waals surface area (Å²) in [5, 5.41) is 4.17. The van der Waals surface area contributed by atoms with Crippen LogP contribution in [0.2, 0.25) is 0 Å². The molecule has 3 rings (SSSR count). The zero-order valence-corrected chi connectivity index (χ0v) is 9.76. The van der Waals surface area contributed by atoms with Crippen LogP contribution in [0.1, 0.15) is 11.5 Å². The first-order valence-electron chi connectivity index (χ1n) is 5.71. The lowest BCUT2D eigenvalue weighted by atomic mass is 9.94. The molecule has 0 amide bonds. The molecule has 4 heteroatoms. The molecule has 1 saturated heterocycles. The molecule has 4 nitrogen and oxygen atoms in total. The SMILES string of the molecule is Cn1ncc(-c2cccc(C3COC3)c2)c1N. The maximum absolute atomic E-state index is 5.98. The standard InChI is InChI=1S/C13H15N3O/c1-16-13(14)12(6-15-16)10-4-2-3-9(5-10)11-7-17-8-11/h2-6,11H,7-8,14H2,1H3. The van der Waals surface area contributed by atoms with Gasteiger partial charge in [-0.05, 0) is 11.1 Å². The van der Waals surface area contributed by atoms with Crippen LogP contribution in [0.25, 0.3) is 11.1 Å². The molecule has 1 aliphatic rings. The number of aryl methyl sites for hydroxylation is 1. The van der Waals surface area contributed by atoms with Crippen LogP contribution in [0.3, 0.4) is 0 Å². The van der Waals surface area contributed by atoms with Crippen molar-refractivity contribution in [3.8, 4) is 11.1 Å². The summed E-state index contributed by atoms with van der Waals surface area (Å²) in [5.74, 6) is 1.24. The largest absolute Gasteiger partial charge is 0.383 e. The molecule has 0 unspecified atom stereocenters. The molecule has 0 saturated carbocycles. The predicted molar refractivity (Wildman–Crippen MR) is 66.6 cm³/mol. The molecular formula is C13H15N3O. The fourth-order valence-electron chi connectivity index (χ4n) is 2.06. The third-order valence-electron chi connectivity index (χ3n) is 3.29. The van der Waals surface area contributed by atoms with Gasteiger partial charge in [0.1, 0.15) is 5.82 Å². The Hall–Kier alpha value is -1.81. The van der Waals surface area contributed by atoms with Crippen molar-refractivity contribution in [2.24, 2.45) is 7.05 Å². The summed E-state index contributed by atoms with van der Waals surface area (Å²) in [4.78, 5) is 0. The monoisotopic (exact) mass is 229 g/mol. The minimum Gasteiger partial charge on any atom is -0.383 e. The highest BCUT2D eigenvalue weighted by molar-refractivity contribution is 5.73. The van der Waals surface area contributed by atoms with Crippen LogP contribution in [-0.2, 0) is 11.8 Å². The summed E-state index contributed by atoms with van der Waals surface area (Å²) < 4.78 is 6.91. The number of hydrogen-bond donors (Lipinski definition) is 1. The predicted octanol–water partition coefficient (Wildman–Crippen LogP) is 1.78. The molecule has 17 heavy (non-hydrogen) atoms. The molecule has 0 spiro atoms. The first-order chi connectivity index (χ1) is 8.25. The number of nitrogen functional groups attached to an aromatic ring is 1. The van der Waals surface area contributed by atoms with Gasteiger partial charge in [0.2, 0.25) is 0 Å². The quantitative estimate of drug-likeness (QED) is 0.854. The van der Waals surface area contributed by atoms with E-state index >= 15 is 0 Å². The van der Waals surface area contributed by atoms with E-state index in [2.05, 4.69) is 29.4 Å². The van der Waals surface area contributed by atoms with Crippen LogP contribution in [0.5, 0.6) is 0 Å². The van der Waals surface area contributed by atoms with Crippen LogP contribution >= 0.6 is 0 Å². The average molecular weight is 229 g/mol. The molecule has 0 aliphatic carbocycles. The Morgan fingerprint density at radius 3 is 2.82 bits per heavy atom. The van der Waals surface area contributed by atoms with E-state index in [4.69, 9.17) is 10.5 Å². The number of hydrogen-bond acceptors (Lipinski definition) is 3. The average Bonchev–Trinajstić information content (AvgIpc) is 2.58. The molecular weight excluding hydrogens is 214 g/mol. The topological polar surface area (TPSA) is 53.1 Å². The zero-order valence-electron chi connectivity index (χ0n) is 9.76. The highest BCUT2D eigenvalue weighted by atomic mass is 16.5. The molecule has 1 aromatic carbocycles. The Balaban J connectivity index is 2.00. The van der Waals surface area contributed by atoms with Crippen molar-refractivity contribution in [3.63, 3.8) is 0 Å². The summed E-state index contributed by atoms with van der Waals surface area (Å²) in [6.45, 7) is 1.65. The van der Waals surface area contributed by atoms with Gasteiger partial charge in [0, 0.05) is 18.5 Å². The molecule has 2 heterocycles. The van der Waals surface area contributed by atoms with Crippen LogP contribution in [-0.4, -0.2) is 23.0 Å². The van der Waals surface area contributed by atoms with Gasteiger partial charge in [-0.25, -0.2) is 0 Å². The summed E-state index contributed by atoms with van der Waals surface area (Å²) >= 11 is 0. The van der Waals surface area contributed by atoms with Gasteiger partial charge in [-0.3, -0.25) is 4.68 Å². The zero-order chi connectivity index (χ0) is 11.8. The van der Waals surface area contributed by atoms with Gasteiger partial charge in [-0.15, -0.1) is 0 Å². The number of benzene rings is 1. The van der Waals surface area contributed by atoms with Gasteiger partial charge in [0.25, 0.3) is 0 Å². The van der Waals surface area contributed by atoms with E-state index in [1.807, 2.05) is 13.2 Å². The molecule has 1 fully saturated rings. The van der Waals surface area contributed by atoms with Gasteiger partial charge in [-0.2, -0.15) is 5.10 Å². The van der Waals surface area contributed by atoms with Gasteiger partial charge in [0.15, 0.2) is 0 Å². The second kappa shape index (κ2) is 3.89. The van der Waals surface area contributed by atoms with Gasteiger partial charge < -0.3 is 10.5 Å². The lowest BCUT2D eigenvalue weighted by Gasteiger charge is -2.26. The Bertz CT molecular complexity index is 543. The fourth-order valence-corrected chi connectivity index (χ4v) is 2.06. The molecule has 2 aromatic rings. The molecule has 1 aliphatic heterocycles. The Kier molecular flexibility index (Phi) is 2.37. The van der Waals surface area contributed by atoms with E-state index < -0.39 is 0 Å². The van der Waals surface area contributed by atoms with Crippen molar-refractivity contribution in [2.45, 2.75) is 5.92 Å². The second-order valence-electron chi connectivity index (χ2n) is 4.43. The summed E-state index contributed by atoms with van der Waals surface area (Å²) in [7, 11) is 1.85. The summed E-state index contributed by atoms with van der Waals surface area (Å²) in [6.07, 6.45) is 1.81. The fraction of sp³-hybridized carbons (Fsp3) is 0.308. The number of anilines is 1. The lowest BCUT2D eigenvalue weighted by Crippen LogP contribution is -2.24. The van der Waals surface area contributed by atoms with Crippen LogP contribution in [0.4, 0.5) is 5.82 Å². The number of aromatic nitrogens is 2. The molecule has 2 N–H and O–H groups in total. The number of ether oxygens (including phenoxy) is 1. The number of nitrogens with zero attached hydrogens (tertiary/aromatic N) is 2. The molecule has 88 valence electrons. The van der Waals surface area contributed by atoms with Crippen molar-refractivity contribution in [3.05, 3.63) is 36.0 Å². The van der Waals surface area contributed by atoms with Crippen molar-refractivity contribution < 1.29 is 4.74 Å². The van der Waals surface area contributed by atoms with E-state index in [9.17, 15) is 0 Å². The molecule has 0 atom stereocenters. The van der Waals surface area contributed by atoms with Crippen LogP contribution < -0.4 is 5.73 Å². The van der Waals surface area contributed by atoms with Gasteiger partial charge >= 0.3 is 0 Å². The van der Waals surface area contributed by atoms with E-state index in [0.717, 1.165) is 24.3 Å². The Morgan fingerprint density at radius 1 is 1.41 bits per heavy atom. The first kappa shape index (κ1) is 10.4. The maximum Gasteiger partial charge on any atom is 0.129 e. The molecule has 1 aromatic heterocycles. The van der Waals surface area contributed by atoms with E-state index in [-0.39, 0.29) is 0 Å². The van der Waals surface area contributed by atoms with Gasteiger partial charge in [0.05, 0.1) is 19.4 Å². The minimum absolute atomic E-state index is 0.535. The Morgan fingerprint density at radius 2 is 2.24 bits per heavy atom. The summed E-state index contributed by atoms with van der Waals surface area (Å²) in [5.41, 5.74) is 9.42. The maximum atomic E-state index is 5.98. The molecule has 0 radical (unpaired) electrons. The smallest absolute Gasteiger partial charge is 0.129 e. The van der Waals surface area contributed by atoms with E-state index in [0.29, 0.717) is 11.7 Å². The van der Waals surface area contributed by atoms with Crippen molar-refractivity contribution in [1.29, 1.82) is 0 Å². The number of rotatable bonds is 2. The highest BCUT2D eigenvalue weighted by Gasteiger charge is 2.21. The second-order valence-corrected chi connectivity index (χ2v) is 4.43.